The van der Waals surface area contributed by atoms with Crippen LogP contribution in [-0.4, -0.2) is 16.4 Å². The predicted octanol–water partition coefficient (Wildman–Crippen LogP) is -1.61. The summed E-state index contributed by atoms with van der Waals surface area (Å²) in [5.41, 5.74) is 0. The Kier molecular flexibility index (Phi) is 135. The monoisotopic (exact) mass is 164 g/mol. The van der Waals surface area contributed by atoms with Gasteiger partial charge < -0.3 is 29.4 Å². The van der Waals surface area contributed by atoms with Gasteiger partial charge in [0.1, 0.15) is 0 Å². The van der Waals surface area contributed by atoms with Crippen molar-refractivity contribution in [1.29, 1.82) is 0 Å². The normalized spacial score (nSPS) is 3.33. The summed E-state index contributed by atoms with van der Waals surface area (Å²) in [4.78, 5) is 8.56. The molecule has 0 unspecified atom stereocenters. The summed E-state index contributed by atoms with van der Waals surface area (Å²) < 4.78 is 0. The smallest absolute Gasteiger partial charge is 0.450 e. The van der Waals surface area contributed by atoms with Gasteiger partial charge in [0.15, 0.2) is 0 Å². The van der Waals surface area contributed by atoms with Crippen molar-refractivity contribution in [3.63, 3.8) is 0 Å². The molecule has 0 spiro atoms. The molecule has 0 amide bonds. The third-order valence-electron chi connectivity index (χ3n) is 0. The molecule has 54 valence electrons. The zero-order valence-electron chi connectivity index (χ0n) is 5.92. The Balaban J connectivity index is -0.00000000990. The molecule has 0 saturated heterocycles. The van der Waals surface area contributed by atoms with E-state index in [1.54, 1.807) is 6.92 Å². The molecule has 8 N–H and O–H groups in total. The van der Waals surface area contributed by atoms with Crippen LogP contribution in [0.1, 0.15) is 6.92 Å². The van der Waals surface area contributed by atoms with Crippen LogP contribution in [0.25, 0.3) is 0 Å². The minimum atomic E-state index is -1.83. The van der Waals surface area contributed by atoms with E-state index < -0.39 is 6.16 Å². The summed E-state index contributed by atoms with van der Waals surface area (Å²) in [6.07, 6.45) is -1.83. The molecule has 0 aliphatic heterocycles. The van der Waals surface area contributed by atoms with Crippen LogP contribution in [-0.2, 0) is 0 Å². The summed E-state index contributed by atoms with van der Waals surface area (Å²) in [6, 6.07) is 0. The summed E-state index contributed by atoms with van der Waals surface area (Å²) in [5, 5.41) is 13.9. The number of hydrogen-bond acceptors (Lipinski definition) is 3. The molecule has 0 aromatic heterocycles. The first kappa shape index (κ1) is 32.9. The van der Waals surface area contributed by atoms with E-state index in [9.17, 15) is 0 Å². The van der Waals surface area contributed by atoms with E-state index in [1.807, 2.05) is 0 Å². The maximum absolute atomic E-state index is 8.56. The molecule has 0 radical (unpaired) electrons. The molecule has 0 aromatic carbocycles. The van der Waals surface area contributed by atoms with Crippen LogP contribution in [0, 0.1) is 6.92 Å². The average molecular weight is 164 g/mol. The van der Waals surface area contributed by atoms with Gasteiger partial charge in [-0.05, 0) is 0 Å². The number of hydrogen-bond donors (Lipinski definition) is 4. The molecule has 0 atom stereocenters. The van der Waals surface area contributed by atoms with Gasteiger partial charge in [0.2, 0.25) is 0 Å². The van der Waals surface area contributed by atoms with Gasteiger partial charge >= 0.3 is 57.5 Å². The number of carboxylic acid groups (broad SMARTS) is 2. The third-order valence-corrected chi connectivity index (χ3v) is 0. The van der Waals surface area contributed by atoms with Crippen molar-refractivity contribution in [2.75, 3.05) is 0 Å². The molecular weight excluding hydrogens is 151 g/mol. The Labute approximate surface area is 97.4 Å². The molecule has 0 rings (SSSR count). The third kappa shape index (κ3) is 602. The molecule has 0 bridgehead atoms. The van der Waals surface area contributed by atoms with Crippen LogP contribution >= 0.6 is 0 Å². The average Bonchev–Trinajstić information content (AvgIpc) is 1.41. The minimum Gasteiger partial charge on any atom is -0.450 e. The maximum atomic E-state index is 8.56. The van der Waals surface area contributed by atoms with Gasteiger partial charge in [-0.2, -0.15) is 6.92 Å². The molecule has 0 fully saturated rings. The second-order valence-electron chi connectivity index (χ2n) is 0.283. The SMILES string of the molecule is N.N.O=C(O)O.[CH2-]C.[K+]. The second-order valence-corrected chi connectivity index (χ2v) is 0.283. The summed E-state index contributed by atoms with van der Waals surface area (Å²) >= 11 is 0. The van der Waals surface area contributed by atoms with Crippen LogP contribution in [0.4, 0.5) is 4.79 Å². The van der Waals surface area contributed by atoms with Crippen molar-refractivity contribution < 1.29 is 66.4 Å². The van der Waals surface area contributed by atoms with Gasteiger partial charge in [0.25, 0.3) is 0 Å². The summed E-state index contributed by atoms with van der Waals surface area (Å²) in [5.74, 6) is 0. The summed E-state index contributed by atoms with van der Waals surface area (Å²) in [7, 11) is 0. The number of rotatable bonds is 0. The van der Waals surface area contributed by atoms with Crippen LogP contribution in [0.3, 0.4) is 0 Å². The standard InChI is InChI=1S/C2H5.CH2O3.K.2H3N/c1-2;2-1(3)4;;;/h1H2,2H3;(H2,2,3,4);;2*1H3/q-1;;+1;;. The molecule has 0 aliphatic carbocycles. The van der Waals surface area contributed by atoms with Crippen molar-refractivity contribution in [3.8, 4) is 0 Å². The van der Waals surface area contributed by atoms with Crippen molar-refractivity contribution >= 4 is 6.16 Å². The first-order chi connectivity index (χ1) is 2.73. The maximum Gasteiger partial charge on any atom is 1.00 e. The van der Waals surface area contributed by atoms with E-state index in [0.717, 1.165) is 0 Å². The van der Waals surface area contributed by atoms with E-state index in [2.05, 4.69) is 6.92 Å². The minimum absolute atomic E-state index is 0. The van der Waals surface area contributed by atoms with Gasteiger partial charge in [-0.15, -0.1) is 0 Å². The van der Waals surface area contributed by atoms with Crippen molar-refractivity contribution in [3.05, 3.63) is 6.92 Å². The van der Waals surface area contributed by atoms with Crippen molar-refractivity contribution in [2.45, 2.75) is 6.92 Å². The van der Waals surface area contributed by atoms with E-state index in [1.165, 1.54) is 0 Å². The van der Waals surface area contributed by atoms with Crippen LogP contribution < -0.4 is 63.7 Å². The van der Waals surface area contributed by atoms with Crippen molar-refractivity contribution in [1.82, 2.24) is 12.3 Å². The fourth-order valence-electron chi connectivity index (χ4n) is 0. The molecular formula is C3H13KN2O3. The van der Waals surface area contributed by atoms with Gasteiger partial charge in [-0.3, -0.25) is 0 Å². The number of carbonyl (C=O) groups is 1. The first-order valence-electron chi connectivity index (χ1n) is 1.36. The fourth-order valence-corrected chi connectivity index (χ4v) is 0. The molecule has 0 aromatic rings. The van der Waals surface area contributed by atoms with E-state index in [-0.39, 0.29) is 63.7 Å². The van der Waals surface area contributed by atoms with Crippen LogP contribution in [0.5, 0.6) is 0 Å². The first-order valence-corrected chi connectivity index (χ1v) is 1.36. The van der Waals surface area contributed by atoms with Crippen LogP contribution in [0.15, 0.2) is 0 Å². The predicted molar refractivity (Wildman–Crippen MR) is 31.7 cm³/mol. The Bertz CT molecular complexity index is 40.0. The molecule has 0 aliphatic rings. The molecule has 9 heavy (non-hydrogen) atoms. The molecule has 5 nitrogen and oxygen atoms in total. The van der Waals surface area contributed by atoms with Gasteiger partial charge in [0.05, 0.1) is 0 Å². The molecule has 6 heteroatoms. The Morgan fingerprint density at radius 1 is 1.22 bits per heavy atom. The zero-order chi connectivity index (χ0) is 5.58. The van der Waals surface area contributed by atoms with E-state index in [0.29, 0.717) is 0 Å². The largest absolute Gasteiger partial charge is 1.00 e. The Morgan fingerprint density at radius 3 is 1.22 bits per heavy atom. The topological polar surface area (TPSA) is 128 Å². The second kappa shape index (κ2) is 36.9. The molecule has 0 saturated carbocycles. The summed E-state index contributed by atoms with van der Waals surface area (Å²) in [6.45, 7) is 5.00. The van der Waals surface area contributed by atoms with Crippen molar-refractivity contribution in [2.24, 2.45) is 0 Å². The zero-order valence-corrected chi connectivity index (χ0v) is 9.05. The quantitative estimate of drug-likeness (QED) is 0.253. The van der Waals surface area contributed by atoms with E-state index in [4.69, 9.17) is 15.0 Å². The van der Waals surface area contributed by atoms with Gasteiger partial charge in [0, 0.05) is 0 Å². The van der Waals surface area contributed by atoms with Gasteiger partial charge in [-0.25, -0.2) is 4.79 Å². The molecule has 0 heterocycles. The van der Waals surface area contributed by atoms with Gasteiger partial charge in [-0.1, -0.05) is 0 Å². The Hall–Kier alpha value is 0.826. The van der Waals surface area contributed by atoms with E-state index >= 15 is 0 Å². The van der Waals surface area contributed by atoms with Crippen LogP contribution in [0.2, 0.25) is 0 Å². The fraction of sp³-hybridized carbons (Fsp3) is 0.333. The Morgan fingerprint density at radius 2 is 1.22 bits per heavy atom.